The van der Waals surface area contributed by atoms with Crippen LogP contribution < -0.4 is 0 Å². The van der Waals surface area contributed by atoms with Gasteiger partial charge in [-0.1, -0.05) is 108 Å². The van der Waals surface area contributed by atoms with E-state index in [1.807, 2.05) is 12.1 Å². The Bertz CT molecular complexity index is 2890. The minimum Gasteiger partial charge on any atom is -0.455 e. The van der Waals surface area contributed by atoms with E-state index >= 15 is 0 Å². The molecule has 3 aromatic heterocycles. The van der Waals surface area contributed by atoms with Gasteiger partial charge in [-0.25, -0.2) is 9.97 Å². The highest BCUT2D eigenvalue weighted by molar-refractivity contribution is 7.25. The molecule has 0 radical (unpaired) electrons. The summed E-state index contributed by atoms with van der Waals surface area (Å²) in [7, 11) is 0. The molecule has 7 aromatic carbocycles. The van der Waals surface area contributed by atoms with Gasteiger partial charge in [0.2, 0.25) is 0 Å². The monoisotopic (exact) mass is 606 g/mol. The molecule has 0 spiro atoms. The van der Waals surface area contributed by atoms with E-state index in [-0.39, 0.29) is 0 Å². The zero-order valence-electron chi connectivity index (χ0n) is 25.3. The number of hydrogen-bond donors (Lipinski definition) is 0. The van der Waals surface area contributed by atoms with Gasteiger partial charge in [0.15, 0.2) is 0 Å². The van der Waals surface area contributed by atoms with Gasteiger partial charge in [0.25, 0.3) is 0 Å². The van der Waals surface area contributed by atoms with Crippen LogP contribution in [0.1, 0.15) is 11.1 Å². The van der Waals surface area contributed by atoms with Gasteiger partial charge >= 0.3 is 0 Å². The minimum atomic E-state index is 0.913. The van der Waals surface area contributed by atoms with Crippen LogP contribution in [0.5, 0.6) is 0 Å². The molecule has 10 aromatic rings. The first-order valence-corrected chi connectivity index (χ1v) is 16.4. The fraction of sp³-hybridized carbons (Fsp3) is 0.0476. The second kappa shape index (κ2) is 9.46. The lowest BCUT2D eigenvalue weighted by atomic mass is 9.96. The number of nitrogens with zero attached hydrogens (tertiary/aromatic N) is 2. The summed E-state index contributed by atoms with van der Waals surface area (Å²) < 4.78 is 7.56. The molecular weight excluding hydrogens is 581 g/mol. The van der Waals surface area contributed by atoms with Gasteiger partial charge in [-0.05, 0) is 65.6 Å². The van der Waals surface area contributed by atoms with Crippen LogP contribution in [0.15, 0.2) is 126 Å². The maximum Gasteiger partial charge on any atom is 0.143 e. The third-order valence-corrected chi connectivity index (χ3v) is 10.4. The molecule has 0 unspecified atom stereocenters. The molecule has 0 amide bonds. The normalized spacial score (nSPS) is 12.1. The third kappa shape index (κ3) is 3.71. The Balaban J connectivity index is 1.17. The maximum absolute atomic E-state index is 6.37. The zero-order chi connectivity index (χ0) is 30.5. The molecule has 0 bridgehead atoms. The number of aryl methyl sites for hydroxylation is 2. The molecule has 0 saturated heterocycles. The number of furan rings is 1. The summed E-state index contributed by atoms with van der Waals surface area (Å²) in [6.07, 6.45) is 0. The van der Waals surface area contributed by atoms with Crippen molar-refractivity contribution in [3.05, 3.63) is 132 Å². The van der Waals surface area contributed by atoms with Gasteiger partial charge in [0, 0.05) is 37.2 Å². The lowest BCUT2D eigenvalue weighted by Gasteiger charge is -2.11. The van der Waals surface area contributed by atoms with Crippen molar-refractivity contribution in [2.45, 2.75) is 13.8 Å². The average Bonchev–Trinajstić information content (AvgIpc) is 3.65. The van der Waals surface area contributed by atoms with Crippen LogP contribution in [0, 0.1) is 13.8 Å². The lowest BCUT2D eigenvalue weighted by Crippen LogP contribution is -1.91. The molecule has 0 atom stereocenters. The number of aromatic nitrogens is 2. The number of benzene rings is 7. The molecule has 3 nitrogen and oxygen atoms in total. The van der Waals surface area contributed by atoms with Crippen LogP contribution in [0.4, 0.5) is 0 Å². The first-order valence-electron chi connectivity index (χ1n) is 15.6. The molecule has 0 N–H and O–H groups in total. The average molecular weight is 607 g/mol. The highest BCUT2D eigenvalue weighted by Crippen LogP contribution is 2.41. The van der Waals surface area contributed by atoms with Crippen LogP contribution in [0.25, 0.3) is 97.2 Å². The fourth-order valence-corrected chi connectivity index (χ4v) is 8.14. The molecule has 10 rings (SSSR count). The lowest BCUT2D eigenvalue weighted by molar-refractivity contribution is 0.670. The second-order valence-electron chi connectivity index (χ2n) is 12.3. The molecule has 0 aliphatic heterocycles. The highest BCUT2D eigenvalue weighted by atomic mass is 32.1. The van der Waals surface area contributed by atoms with E-state index in [1.165, 1.54) is 26.6 Å². The molecule has 0 aliphatic rings. The van der Waals surface area contributed by atoms with Gasteiger partial charge in [-0.2, -0.15) is 0 Å². The van der Waals surface area contributed by atoms with E-state index in [0.717, 1.165) is 81.7 Å². The molecule has 46 heavy (non-hydrogen) atoms. The van der Waals surface area contributed by atoms with Crippen LogP contribution in [0.2, 0.25) is 0 Å². The van der Waals surface area contributed by atoms with Crippen molar-refractivity contribution in [3.8, 4) is 22.3 Å². The quantitative estimate of drug-likeness (QED) is 0.184. The zero-order valence-corrected chi connectivity index (χ0v) is 26.1. The van der Waals surface area contributed by atoms with Gasteiger partial charge in [-0.3, -0.25) is 0 Å². The van der Waals surface area contributed by atoms with Crippen LogP contribution in [-0.2, 0) is 0 Å². The Kier molecular flexibility index (Phi) is 5.29. The summed E-state index contributed by atoms with van der Waals surface area (Å²) in [6.45, 7) is 4.30. The van der Waals surface area contributed by atoms with Crippen LogP contribution >= 0.6 is 11.3 Å². The van der Waals surface area contributed by atoms with E-state index in [4.69, 9.17) is 14.4 Å². The van der Waals surface area contributed by atoms with E-state index in [1.54, 1.807) is 11.3 Å². The fourth-order valence-electron chi connectivity index (χ4n) is 7.15. The van der Waals surface area contributed by atoms with Gasteiger partial charge in [0.05, 0.1) is 11.0 Å². The number of thiophene rings is 1. The highest BCUT2D eigenvalue weighted by Gasteiger charge is 2.17. The standard InChI is InChI=1S/C42H26N2OS/c1-23-13-16-30-33(19-23)34-20-24(2)14-17-31(34)39-38(30)43-40-35-22-26(15-18-37(35)46-42(40)44-39)25-7-5-8-27(21-25)28-10-6-11-32-29-9-3-4-12-36(29)45-41(28)32/h3-22H,1-2H3. The molecule has 0 saturated carbocycles. The summed E-state index contributed by atoms with van der Waals surface area (Å²) in [5.41, 5.74) is 11.8. The molecule has 3 heterocycles. The molecule has 4 heteroatoms. The Hall–Kier alpha value is -5.58. The third-order valence-electron chi connectivity index (χ3n) is 9.37. The Morgan fingerprint density at radius 2 is 1.17 bits per heavy atom. The summed E-state index contributed by atoms with van der Waals surface area (Å²) >= 11 is 1.72. The first-order chi connectivity index (χ1) is 22.6. The van der Waals surface area contributed by atoms with E-state index < -0.39 is 0 Å². The van der Waals surface area contributed by atoms with Crippen LogP contribution in [-0.4, -0.2) is 9.97 Å². The molecule has 0 fully saturated rings. The van der Waals surface area contributed by atoms with Crippen molar-refractivity contribution >= 4 is 86.3 Å². The van der Waals surface area contributed by atoms with E-state index in [0.29, 0.717) is 0 Å². The van der Waals surface area contributed by atoms with Crippen molar-refractivity contribution in [1.29, 1.82) is 0 Å². The Morgan fingerprint density at radius 1 is 0.478 bits per heavy atom. The summed E-state index contributed by atoms with van der Waals surface area (Å²) in [5.74, 6) is 0. The van der Waals surface area contributed by atoms with Crippen molar-refractivity contribution in [2.24, 2.45) is 0 Å². The minimum absolute atomic E-state index is 0.913. The van der Waals surface area contributed by atoms with Gasteiger partial charge in [0.1, 0.15) is 21.5 Å². The first kappa shape index (κ1) is 25.7. The Labute approximate surface area is 268 Å². The predicted molar refractivity (Wildman–Crippen MR) is 195 cm³/mol. The predicted octanol–water partition coefficient (Wildman–Crippen LogP) is 12.2. The van der Waals surface area contributed by atoms with E-state index in [2.05, 4.69) is 123 Å². The van der Waals surface area contributed by atoms with Gasteiger partial charge in [-0.15, -0.1) is 11.3 Å². The van der Waals surface area contributed by atoms with Crippen molar-refractivity contribution < 1.29 is 4.42 Å². The van der Waals surface area contributed by atoms with Crippen LogP contribution in [0.3, 0.4) is 0 Å². The Morgan fingerprint density at radius 3 is 2.00 bits per heavy atom. The number of fused-ring (bicyclic) bond motifs is 12. The number of hydrogen-bond acceptors (Lipinski definition) is 4. The van der Waals surface area contributed by atoms with Crippen molar-refractivity contribution in [1.82, 2.24) is 9.97 Å². The second-order valence-corrected chi connectivity index (χ2v) is 13.4. The summed E-state index contributed by atoms with van der Waals surface area (Å²) in [4.78, 5) is 11.7. The van der Waals surface area contributed by atoms with E-state index in [9.17, 15) is 0 Å². The molecular formula is C42H26N2OS. The van der Waals surface area contributed by atoms with Gasteiger partial charge < -0.3 is 4.42 Å². The molecule has 216 valence electrons. The largest absolute Gasteiger partial charge is 0.455 e. The summed E-state index contributed by atoms with van der Waals surface area (Å²) in [5, 5.41) is 8.20. The SMILES string of the molecule is Cc1ccc2c(c1)c1cc(C)ccc1c1nc3c(nc21)sc1ccc(-c2cccc(-c4cccc5c4oc4ccccc45)c2)cc13. The van der Waals surface area contributed by atoms with Crippen molar-refractivity contribution in [3.63, 3.8) is 0 Å². The smallest absolute Gasteiger partial charge is 0.143 e. The topological polar surface area (TPSA) is 38.9 Å². The summed E-state index contributed by atoms with van der Waals surface area (Å²) in [6, 6.07) is 43.5. The number of rotatable bonds is 2. The maximum atomic E-state index is 6.37. The van der Waals surface area contributed by atoms with Crippen molar-refractivity contribution in [2.75, 3.05) is 0 Å². The molecule has 0 aliphatic carbocycles. The number of para-hydroxylation sites is 2.